The second-order valence-corrected chi connectivity index (χ2v) is 4.18. The van der Waals surface area contributed by atoms with E-state index in [1.54, 1.807) is 0 Å². The Kier molecular flexibility index (Phi) is 5.22. The first-order valence-electron chi connectivity index (χ1n) is 5.86. The Morgan fingerprint density at radius 2 is 1.71 bits per heavy atom. The number of aryl methyl sites for hydroxylation is 1. The van der Waals surface area contributed by atoms with Crippen LogP contribution in [0, 0.1) is 6.92 Å². The summed E-state index contributed by atoms with van der Waals surface area (Å²) in [5.74, 6) is 0. The molecule has 1 rings (SSSR count). The highest BCUT2D eigenvalue weighted by atomic mass is 13.9. The predicted molar refractivity (Wildman–Crippen MR) is 77.9 cm³/mol. The molecule has 17 heavy (non-hydrogen) atoms. The Bertz CT molecular complexity index is 453. The molecule has 0 unspecified atom stereocenters. The second-order valence-electron chi connectivity index (χ2n) is 4.18. The Morgan fingerprint density at radius 3 is 2.29 bits per heavy atom. The van der Waals surface area contributed by atoms with E-state index >= 15 is 0 Å². The van der Waals surface area contributed by atoms with Crippen molar-refractivity contribution in [2.45, 2.75) is 20.8 Å². The van der Waals surface area contributed by atoms with E-state index in [-0.39, 0.29) is 0 Å². The molecule has 0 aliphatic heterocycles. The van der Waals surface area contributed by atoms with Crippen molar-refractivity contribution in [3.8, 4) is 0 Å². The lowest BCUT2D eigenvalue weighted by molar-refractivity contribution is 1.46. The normalized spacial score (nSPS) is 12.5. The van der Waals surface area contributed by atoms with Crippen LogP contribution in [0.15, 0.2) is 66.3 Å². The van der Waals surface area contributed by atoms with Gasteiger partial charge in [-0.05, 0) is 31.9 Å². The van der Waals surface area contributed by atoms with Crippen LogP contribution < -0.4 is 0 Å². The van der Waals surface area contributed by atoms with Crippen LogP contribution in [-0.4, -0.2) is 0 Å². The fourth-order valence-electron chi connectivity index (χ4n) is 1.27. The van der Waals surface area contributed by atoms with Crippen LogP contribution in [0.2, 0.25) is 0 Å². The standard InChI is InChI=1S/C17H20/c1-5-14(2)6-7-15(3)8-11-17-12-9-16(4)10-13-17/h5-13H,3H2,1-2,4H3/b7-6-,11-8+,14-5-. The predicted octanol–water partition coefficient (Wildman–Crippen LogP) is 5.09. The van der Waals surface area contributed by atoms with Gasteiger partial charge in [0.25, 0.3) is 0 Å². The highest BCUT2D eigenvalue weighted by molar-refractivity contribution is 5.54. The van der Waals surface area contributed by atoms with Crippen LogP contribution >= 0.6 is 0 Å². The first kappa shape index (κ1) is 13.2. The van der Waals surface area contributed by atoms with Crippen molar-refractivity contribution in [3.05, 3.63) is 77.4 Å². The summed E-state index contributed by atoms with van der Waals surface area (Å²) < 4.78 is 0. The van der Waals surface area contributed by atoms with Gasteiger partial charge in [-0.3, -0.25) is 0 Å². The molecule has 0 aliphatic carbocycles. The fourth-order valence-corrected chi connectivity index (χ4v) is 1.27. The molecule has 0 radical (unpaired) electrons. The zero-order chi connectivity index (χ0) is 12.7. The van der Waals surface area contributed by atoms with E-state index in [2.05, 4.69) is 62.9 Å². The van der Waals surface area contributed by atoms with Crippen molar-refractivity contribution in [1.29, 1.82) is 0 Å². The topological polar surface area (TPSA) is 0 Å². The molecule has 0 aromatic heterocycles. The zero-order valence-electron chi connectivity index (χ0n) is 10.9. The number of benzene rings is 1. The molecular formula is C17H20. The van der Waals surface area contributed by atoms with Gasteiger partial charge in [0.05, 0.1) is 0 Å². The lowest BCUT2D eigenvalue weighted by Crippen LogP contribution is -1.74. The van der Waals surface area contributed by atoms with E-state index in [1.807, 2.05) is 19.1 Å². The third-order valence-corrected chi connectivity index (χ3v) is 2.58. The number of hydrogen-bond donors (Lipinski definition) is 0. The Labute approximate surface area is 105 Å². The summed E-state index contributed by atoms with van der Waals surface area (Å²) in [6.07, 6.45) is 10.3. The molecule has 0 heteroatoms. The molecule has 0 nitrogen and oxygen atoms in total. The monoisotopic (exact) mass is 224 g/mol. The third-order valence-electron chi connectivity index (χ3n) is 2.58. The molecule has 0 aliphatic rings. The minimum atomic E-state index is 1.01. The van der Waals surface area contributed by atoms with Gasteiger partial charge in [-0.25, -0.2) is 0 Å². The average Bonchev–Trinajstić information content (AvgIpc) is 2.35. The molecule has 1 aromatic carbocycles. The average molecular weight is 224 g/mol. The van der Waals surface area contributed by atoms with Gasteiger partial charge in [0.1, 0.15) is 0 Å². The largest absolute Gasteiger partial charge is 0.0918 e. The number of allylic oxidation sites excluding steroid dienone is 6. The molecule has 0 heterocycles. The molecular weight excluding hydrogens is 204 g/mol. The summed E-state index contributed by atoms with van der Waals surface area (Å²) in [4.78, 5) is 0. The molecule has 0 N–H and O–H groups in total. The Balaban J connectivity index is 2.62. The van der Waals surface area contributed by atoms with Gasteiger partial charge >= 0.3 is 0 Å². The van der Waals surface area contributed by atoms with Gasteiger partial charge in [0, 0.05) is 0 Å². The highest BCUT2D eigenvalue weighted by Gasteiger charge is 1.87. The SMILES string of the molecule is C=C(/C=C\C(C)=C/C)/C=C/c1ccc(C)cc1. The van der Waals surface area contributed by atoms with Crippen molar-refractivity contribution in [2.75, 3.05) is 0 Å². The first-order valence-corrected chi connectivity index (χ1v) is 5.86. The summed E-state index contributed by atoms with van der Waals surface area (Å²) in [5, 5.41) is 0. The summed E-state index contributed by atoms with van der Waals surface area (Å²) in [6, 6.07) is 8.45. The lowest BCUT2D eigenvalue weighted by atomic mass is 10.1. The highest BCUT2D eigenvalue weighted by Crippen LogP contribution is 2.08. The molecule has 0 spiro atoms. The van der Waals surface area contributed by atoms with E-state index in [0.29, 0.717) is 0 Å². The maximum Gasteiger partial charge on any atom is -0.0256 e. The van der Waals surface area contributed by atoms with Crippen LogP contribution in [0.5, 0.6) is 0 Å². The first-order chi connectivity index (χ1) is 8.11. The van der Waals surface area contributed by atoms with Crippen molar-refractivity contribution in [3.63, 3.8) is 0 Å². The molecule has 0 bridgehead atoms. The van der Waals surface area contributed by atoms with Gasteiger partial charge in [-0.15, -0.1) is 0 Å². The quantitative estimate of drug-likeness (QED) is 0.625. The summed E-state index contributed by atoms with van der Waals surface area (Å²) in [5.41, 5.74) is 4.74. The summed E-state index contributed by atoms with van der Waals surface area (Å²) in [6.45, 7) is 10.2. The fraction of sp³-hybridized carbons (Fsp3) is 0.176. The van der Waals surface area contributed by atoms with Gasteiger partial charge in [0.15, 0.2) is 0 Å². The third kappa shape index (κ3) is 5.17. The van der Waals surface area contributed by atoms with Crippen LogP contribution in [0.25, 0.3) is 6.08 Å². The van der Waals surface area contributed by atoms with E-state index in [0.717, 1.165) is 5.57 Å². The van der Waals surface area contributed by atoms with Crippen molar-refractivity contribution >= 4 is 6.08 Å². The number of rotatable bonds is 4. The summed E-state index contributed by atoms with van der Waals surface area (Å²) >= 11 is 0. The zero-order valence-corrected chi connectivity index (χ0v) is 10.9. The molecule has 0 amide bonds. The molecule has 1 aromatic rings. The minimum Gasteiger partial charge on any atom is -0.0918 e. The van der Waals surface area contributed by atoms with Gasteiger partial charge < -0.3 is 0 Å². The van der Waals surface area contributed by atoms with Crippen LogP contribution in [0.1, 0.15) is 25.0 Å². The molecule has 0 fully saturated rings. The van der Waals surface area contributed by atoms with E-state index < -0.39 is 0 Å². The van der Waals surface area contributed by atoms with Crippen LogP contribution in [-0.2, 0) is 0 Å². The Morgan fingerprint density at radius 1 is 1.06 bits per heavy atom. The van der Waals surface area contributed by atoms with Gasteiger partial charge in [-0.1, -0.05) is 72.4 Å². The van der Waals surface area contributed by atoms with Crippen molar-refractivity contribution < 1.29 is 0 Å². The minimum absolute atomic E-state index is 1.01. The molecule has 0 saturated carbocycles. The van der Waals surface area contributed by atoms with E-state index in [9.17, 15) is 0 Å². The molecule has 88 valence electrons. The van der Waals surface area contributed by atoms with Crippen molar-refractivity contribution in [2.24, 2.45) is 0 Å². The smallest absolute Gasteiger partial charge is 0.0256 e. The maximum atomic E-state index is 3.99. The Hall–Kier alpha value is -1.82. The molecule has 0 saturated heterocycles. The van der Waals surface area contributed by atoms with Crippen LogP contribution in [0.4, 0.5) is 0 Å². The van der Waals surface area contributed by atoms with E-state index in [4.69, 9.17) is 0 Å². The van der Waals surface area contributed by atoms with Crippen LogP contribution in [0.3, 0.4) is 0 Å². The van der Waals surface area contributed by atoms with E-state index in [1.165, 1.54) is 16.7 Å². The summed E-state index contributed by atoms with van der Waals surface area (Å²) in [7, 11) is 0. The maximum absolute atomic E-state index is 3.99. The molecule has 0 atom stereocenters. The van der Waals surface area contributed by atoms with Gasteiger partial charge in [0.2, 0.25) is 0 Å². The second kappa shape index (κ2) is 6.70. The number of hydrogen-bond acceptors (Lipinski definition) is 0. The van der Waals surface area contributed by atoms with Crippen molar-refractivity contribution in [1.82, 2.24) is 0 Å². The lowest BCUT2D eigenvalue weighted by Gasteiger charge is -1.95. The van der Waals surface area contributed by atoms with Gasteiger partial charge in [-0.2, -0.15) is 0 Å².